The fraction of sp³-hybridized carbons (Fsp3) is 0.692. The zero-order chi connectivity index (χ0) is 22.6. The maximum absolute atomic E-state index is 6.60. The number of hydroxylamine groups is 2. The van der Waals surface area contributed by atoms with Crippen molar-refractivity contribution in [2.24, 2.45) is 29.1 Å². The second-order valence-electron chi connectivity index (χ2n) is 11.5. The van der Waals surface area contributed by atoms with Gasteiger partial charge in [-0.1, -0.05) is 51.8 Å². The molecule has 7 unspecified atom stereocenters. The Labute approximate surface area is 197 Å². The summed E-state index contributed by atoms with van der Waals surface area (Å²) in [5, 5.41) is 1.14. The lowest BCUT2D eigenvalue weighted by molar-refractivity contribution is -0.150. The summed E-state index contributed by atoms with van der Waals surface area (Å²) in [5.41, 5.74) is 8.84. The number of nitrogens with one attached hydrogen (secondary N) is 2. The Morgan fingerprint density at radius 1 is 1.18 bits per heavy atom. The van der Waals surface area contributed by atoms with Crippen molar-refractivity contribution in [2.45, 2.75) is 77.4 Å². The van der Waals surface area contributed by atoms with E-state index in [1.165, 1.54) is 25.7 Å². The molecule has 7 atom stereocenters. The van der Waals surface area contributed by atoms with Crippen molar-refractivity contribution in [3.8, 4) is 0 Å². The summed E-state index contributed by atoms with van der Waals surface area (Å²) < 4.78 is 18.9. The first kappa shape index (κ1) is 22.1. The molecule has 2 bridgehead atoms. The highest BCUT2D eigenvalue weighted by molar-refractivity contribution is 6.47. The molecule has 178 valence electrons. The summed E-state index contributed by atoms with van der Waals surface area (Å²) >= 11 is 0. The summed E-state index contributed by atoms with van der Waals surface area (Å²) in [5.74, 6) is 2.64. The second kappa shape index (κ2) is 8.69. The average molecular weight is 452 g/mol. The molecule has 4 aliphatic carbocycles. The molecule has 7 heteroatoms. The zero-order valence-corrected chi connectivity index (χ0v) is 20.1. The van der Waals surface area contributed by atoms with E-state index >= 15 is 0 Å². The van der Waals surface area contributed by atoms with Crippen molar-refractivity contribution >= 4 is 18.1 Å². The molecule has 2 N–H and O–H groups in total. The van der Waals surface area contributed by atoms with Crippen LogP contribution in [0.4, 0.5) is 0 Å². The van der Waals surface area contributed by atoms with Crippen molar-refractivity contribution in [3.05, 3.63) is 36.1 Å². The molecular weight excluding hydrogens is 415 g/mol. The lowest BCUT2D eigenvalue weighted by atomic mass is 9.47. The lowest BCUT2D eigenvalue weighted by Crippen LogP contribution is -2.59. The van der Waals surface area contributed by atoms with Gasteiger partial charge in [0.05, 0.1) is 24.4 Å². The Kier molecular flexibility index (Phi) is 5.82. The van der Waals surface area contributed by atoms with Crippen LogP contribution in [-0.2, 0) is 20.7 Å². The van der Waals surface area contributed by atoms with E-state index in [4.69, 9.17) is 18.7 Å². The predicted octanol–water partition coefficient (Wildman–Crippen LogP) is 4.68. The van der Waals surface area contributed by atoms with Crippen LogP contribution in [0.2, 0.25) is 0 Å². The largest absolute Gasteiger partial charge is 0.478 e. The van der Waals surface area contributed by atoms with Crippen molar-refractivity contribution in [2.75, 3.05) is 6.54 Å². The Hall–Kier alpha value is -1.38. The molecular formula is C26H37BN2O4. The minimum Gasteiger partial charge on any atom is -0.464 e. The van der Waals surface area contributed by atoms with Gasteiger partial charge in [0.15, 0.2) is 0 Å². The van der Waals surface area contributed by atoms with Gasteiger partial charge in [0, 0.05) is 11.9 Å². The number of furan rings is 1. The molecule has 4 saturated carbocycles. The quantitative estimate of drug-likeness (QED) is 0.345. The molecule has 0 amide bonds. The lowest BCUT2D eigenvalue weighted by Gasteiger charge is -2.60. The molecule has 5 fully saturated rings. The standard InChI is InChI=1S/C26H37BN2O4/c1-16-7-6-8-17(16)14-28-33-29-24(11-18-15-30-22-10-5-4-9-20(18)22)27-31-23-13-19-12-21(25(23)32-27)26(19,2)3/h4-5,9-10,15-17,19,21,23-25,28-29H,6-8,11-14H2,1-3H3. The fourth-order valence-corrected chi connectivity index (χ4v) is 6.96. The Bertz CT molecular complexity index is 980. The van der Waals surface area contributed by atoms with Crippen LogP contribution >= 0.6 is 0 Å². The van der Waals surface area contributed by atoms with Gasteiger partial charge in [0.25, 0.3) is 0 Å². The molecule has 1 saturated heterocycles. The molecule has 7 rings (SSSR count). The van der Waals surface area contributed by atoms with Crippen LogP contribution in [0, 0.1) is 29.1 Å². The van der Waals surface area contributed by atoms with E-state index in [2.05, 4.69) is 43.9 Å². The monoisotopic (exact) mass is 452 g/mol. The van der Waals surface area contributed by atoms with E-state index in [0.717, 1.165) is 41.3 Å². The third kappa shape index (κ3) is 3.96. The number of hydrogen-bond acceptors (Lipinski definition) is 6. The van der Waals surface area contributed by atoms with E-state index < -0.39 is 0 Å². The molecule has 6 nitrogen and oxygen atoms in total. The van der Waals surface area contributed by atoms with Crippen molar-refractivity contribution in [1.29, 1.82) is 0 Å². The summed E-state index contributed by atoms with van der Waals surface area (Å²) in [4.78, 5) is 5.82. The van der Waals surface area contributed by atoms with E-state index in [1.54, 1.807) is 0 Å². The highest BCUT2D eigenvalue weighted by atomic mass is 16.8. The van der Waals surface area contributed by atoms with Crippen LogP contribution in [0.15, 0.2) is 34.9 Å². The smallest absolute Gasteiger partial charge is 0.464 e. The molecule has 1 aromatic heterocycles. The number of benzene rings is 1. The van der Waals surface area contributed by atoms with Gasteiger partial charge < -0.3 is 13.7 Å². The van der Waals surface area contributed by atoms with Crippen LogP contribution < -0.4 is 11.0 Å². The summed E-state index contributed by atoms with van der Waals surface area (Å²) in [6.07, 6.45) is 9.24. The van der Waals surface area contributed by atoms with E-state index in [1.807, 2.05) is 18.4 Å². The van der Waals surface area contributed by atoms with Crippen molar-refractivity contribution < 1.29 is 18.7 Å². The Balaban J connectivity index is 1.15. The summed E-state index contributed by atoms with van der Waals surface area (Å²) in [7, 11) is -0.337. The highest BCUT2D eigenvalue weighted by Crippen LogP contribution is 2.61. The minimum absolute atomic E-state index is 0.134. The van der Waals surface area contributed by atoms with E-state index in [9.17, 15) is 0 Å². The minimum atomic E-state index is -0.337. The third-order valence-electron chi connectivity index (χ3n) is 9.42. The van der Waals surface area contributed by atoms with Crippen LogP contribution in [0.25, 0.3) is 11.0 Å². The number of rotatable bonds is 8. The summed E-state index contributed by atoms with van der Waals surface area (Å²) in [6, 6.07) is 8.18. The van der Waals surface area contributed by atoms with Crippen LogP contribution in [0.3, 0.4) is 0 Å². The highest BCUT2D eigenvalue weighted by Gasteiger charge is 2.62. The average Bonchev–Trinajstić information content (AvgIpc) is 3.53. The molecule has 1 aromatic carbocycles. The van der Waals surface area contributed by atoms with Crippen LogP contribution in [0.1, 0.15) is 58.4 Å². The molecule has 2 aromatic rings. The first-order valence-electron chi connectivity index (χ1n) is 12.9. The molecule has 0 radical (unpaired) electrons. The Morgan fingerprint density at radius 2 is 2.06 bits per heavy atom. The SMILES string of the molecule is CC1CCCC1CNONC(Cc1coc2ccccc12)B1OC2CC3CC(C2O1)C3(C)C. The number of para-hydroxylation sites is 1. The molecule has 5 aliphatic rings. The number of hydrogen-bond donors (Lipinski definition) is 2. The second-order valence-corrected chi connectivity index (χ2v) is 11.5. The molecule has 0 spiro atoms. The van der Waals surface area contributed by atoms with E-state index in [-0.39, 0.29) is 25.3 Å². The normalized spacial score (nSPS) is 35.5. The number of fused-ring (bicyclic) bond motifs is 1. The molecule has 33 heavy (non-hydrogen) atoms. The van der Waals surface area contributed by atoms with Gasteiger partial charge >= 0.3 is 7.12 Å². The maximum atomic E-state index is 6.60. The van der Waals surface area contributed by atoms with Gasteiger partial charge in [-0.2, -0.15) is 11.0 Å². The summed E-state index contributed by atoms with van der Waals surface area (Å²) in [6.45, 7) is 7.99. The first-order chi connectivity index (χ1) is 16.0. The van der Waals surface area contributed by atoms with Crippen LogP contribution in [-0.4, -0.2) is 31.8 Å². The van der Waals surface area contributed by atoms with Crippen molar-refractivity contribution in [1.82, 2.24) is 11.0 Å². The maximum Gasteiger partial charge on any atom is 0.478 e. The van der Waals surface area contributed by atoms with Gasteiger partial charge in [-0.25, -0.2) is 4.94 Å². The first-order valence-corrected chi connectivity index (χ1v) is 12.9. The molecule has 2 heterocycles. The molecule has 1 aliphatic heterocycles. The zero-order valence-electron chi connectivity index (χ0n) is 20.1. The topological polar surface area (TPSA) is 64.9 Å². The Morgan fingerprint density at radius 3 is 2.88 bits per heavy atom. The van der Waals surface area contributed by atoms with Gasteiger partial charge in [0.1, 0.15) is 5.58 Å². The van der Waals surface area contributed by atoms with Gasteiger partial charge in [-0.15, -0.1) is 0 Å². The van der Waals surface area contributed by atoms with Crippen molar-refractivity contribution in [3.63, 3.8) is 0 Å². The van der Waals surface area contributed by atoms with Gasteiger partial charge in [-0.05, 0) is 66.4 Å². The third-order valence-corrected chi connectivity index (χ3v) is 9.42. The van der Waals surface area contributed by atoms with Gasteiger partial charge in [0.2, 0.25) is 0 Å². The van der Waals surface area contributed by atoms with Gasteiger partial charge in [-0.3, -0.25) is 0 Å². The van der Waals surface area contributed by atoms with Crippen LogP contribution in [0.5, 0.6) is 0 Å². The predicted molar refractivity (Wildman–Crippen MR) is 128 cm³/mol. The van der Waals surface area contributed by atoms with E-state index in [0.29, 0.717) is 23.7 Å². The fourth-order valence-electron chi connectivity index (χ4n) is 6.96.